The van der Waals surface area contributed by atoms with Crippen LogP contribution in [-0.4, -0.2) is 18.4 Å². The predicted molar refractivity (Wildman–Crippen MR) is 94.6 cm³/mol. The topological polar surface area (TPSA) is 41.9 Å². The van der Waals surface area contributed by atoms with E-state index in [4.69, 9.17) is 4.74 Å². The second-order valence-electron chi connectivity index (χ2n) is 5.54. The van der Waals surface area contributed by atoms with E-state index in [-0.39, 0.29) is 0 Å². The summed E-state index contributed by atoms with van der Waals surface area (Å²) in [5, 5.41) is 0. The van der Waals surface area contributed by atoms with Gasteiger partial charge in [-0.15, -0.1) is 0 Å². The number of cyclic esters (lactones) is 1. The lowest BCUT2D eigenvalue weighted by Crippen LogP contribution is -2.26. The summed E-state index contributed by atoms with van der Waals surface area (Å²) >= 11 is 0. The number of aliphatic imine (C=N–C) groups is 1. The molecule has 0 fully saturated rings. The Kier molecular flexibility index (Phi) is 3.50. The number of rotatable bonds is 2. The number of likely N-dealkylation sites (N-methyl/N-ethyl adjacent to an activating group) is 1. The molecule has 0 saturated carbocycles. The summed E-state index contributed by atoms with van der Waals surface area (Å²) in [6.45, 7) is 2.79. The number of hydrogen-bond acceptors (Lipinski definition) is 4. The first-order valence-electron chi connectivity index (χ1n) is 7.93. The summed E-state index contributed by atoms with van der Waals surface area (Å²) < 4.78 is 5.39. The molecule has 4 heteroatoms. The predicted octanol–water partition coefficient (Wildman–Crippen LogP) is 3.75. The molecule has 0 aromatic heterocycles. The third kappa shape index (κ3) is 2.33. The molecule has 0 aliphatic carbocycles. The minimum atomic E-state index is -0.411. The number of esters is 1. The average Bonchev–Trinajstić information content (AvgIpc) is 3.03. The van der Waals surface area contributed by atoms with Gasteiger partial charge in [0.2, 0.25) is 5.90 Å². The minimum Gasteiger partial charge on any atom is -0.402 e. The van der Waals surface area contributed by atoms with Gasteiger partial charge in [-0.25, -0.2) is 9.79 Å². The summed E-state index contributed by atoms with van der Waals surface area (Å²) in [6, 6.07) is 17.6. The van der Waals surface area contributed by atoms with Gasteiger partial charge in [-0.05, 0) is 36.8 Å². The van der Waals surface area contributed by atoms with Gasteiger partial charge in [0.25, 0.3) is 0 Å². The second kappa shape index (κ2) is 5.81. The molecule has 118 valence electrons. The molecule has 0 unspecified atom stereocenters. The largest absolute Gasteiger partial charge is 0.402 e. The number of carbonyl (C=O) groups is 1. The Labute approximate surface area is 140 Å². The molecule has 0 bridgehead atoms. The molecule has 0 spiro atoms. The highest BCUT2D eigenvalue weighted by atomic mass is 16.6. The van der Waals surface area contributed by atoms with Gasteiger partial charge >= 0.3 is 5.97 Å². The maximum absolute atomic E-state index is 12.4. The smallest absolute Gasteiger partial charge is 0.366 e. The fourth-order valence-corrected chi connectivity index (χ4v) is 2.98. The van der Waals surface area contributed by atoms with Crippen molar-refractivity contribution in [3.05, 3.63) is 83.2 Å². The van der Waals surface area contributed by atoms with E-state index in [1.807, 2.05) is 60.7 Å². The Balaban J connectivity index is 1.82. The zero-order valence-corrected chi connectivity index (χ0v) is 13.3. The standard InChI is InChI=1S/C20H16N2O2/c1-2-22-16-11-7-6-8-14(16)12-13-17(22)18-20(23)24-19(21-18)15-9-4-3-5-10-15/h3-13H,2H2,1H3. The van der Waals surface area contributed by atoms with E-state index in [0.29, 0.717) is 11.6 Å². The van der Waals surface area contributed by atoms with Crippen LogP contribution in [0.3, 0.4) is 0 Å². The molecule has 0 amide bonds. The summed E-state index contributed by atoms with van der Waals surface area (Å²) in [5.41, 5.74) is 4.11. The molecule has 0 atom stereocenters. The van der Waals surface area contributed by atoms with Gasteiger partial charge in [0.05, 0.1) is 5.70 Å². The molecule has 2 aliphatic rings. The van der Waals surface area contributed by atoms with Crippen LogP contribution in [0, 0.1) is 0 Å². The van der Waals surface area contributed by atoms with Crippen molar-refractivity contribution in [3.63, 3.8) is 0 Å². The second-order valence-corrected chi connectivity index (χ2v) is 5.54. The number of carbonyl (C=O) groups excluding carboxylic acids is 1. The van der Waals surface area contributed by atoms with E-state index < -0.39 is 5.97 Å². The Hall–Kier alpha value is -3.14. The van der Waals surface area contributed by atoms with E-state index >= 15 is 0 Å². The first kappa shape index (κ1) is 14.5. The van der Waals surface area contributed by atoms with Crippen molar-refractivity contribution < 1.29 is 9.53 Å². The molecule has 0 radical (unpaired) electrons. The van der Waals surface area contributed by atoms with Crippen LogP contribution < -0.4 is 4.90 Å². The monoisotopic (exact) mass is 316 g/mol. The number of allylic oxidation sites excluding steroid dienone is 1. The van der Waals surface area contributed by atoms with Crippen LogP contribution >= 0.6 is 0 Å². The third-order valence-corrected chi connectivity index (χ3v) is 4.11. The zero-order valence-electron chi connectivity index (χ0n) is 13.3. The SMILES string of the molecule is CCN1C(=C2N=C(c3ccccc3)OC2=O)C=Cc2ccccc21. The number of benzene rings is 2. The highest BCUT2D eigenvalue weighted by molar-refractivity contribution is 6.12. The van der Waals surface area contributed by atoms with E-state index in [1.165, 1.54) is 0 Å². The Morgan fingerprint density at radius 1 is 1.00 bits per heavy atom. The Morgan fingerprint density at radius 2 is 1.75 bits per heavy atom. The molecule has 24 heavy (non-hydrogen) atoms. The fourth-order valence-electron chi connectivity index (χ4n) is 2.98. The molecule has 0 N–H and O–H groups in total. The normalized spacial score (nSPS) is 19.1. The Morgan fingerprint density at radius 3 is 2.54 bits per heavy atom. The van der Waals surface area contributed by atoms with Gasteiger partial charge < -0.3 is 9.64 Å². The number of para-hydroxylation sites is 1. The number of nitrogens with zero attached hydrogens (tertiary/aromatic N) is 2. The van der Waals surface area contributed by atoms with Crippen LogP contribution in [0.4, 0.5) is 5.69 Å². The van der Waals surface area contributed by atoms with Crippen LogP contribution in [0.25, 0.3) is 6.08 Å². The van der Waals surface area contributed by atoms with Crippen LogP contribution in [0.15, 0.2) is 77.1 Å². The number of fused-ring (bicyclic) bond motifs is 1. The lowest BCUT2D eigenvalue weighted by molar-refractivity contribution is -0.130. The summed E-state index contributed by atoms with van der Waals surface area (Å²) in [7, 11) is 0. The van der Waals surface area contributed by atoms with Gasteiger partial charge in [-0.3, -0.25) is 0 Å². The maximum atomic E-state index is 12.4. The van der Waals surface area contributed by atoms with Crippen LogP contribution in [0.2, 0.25) is 0 Å². The van der Waals surface area contributed by atoms with Crippen molar-refractivity contribution in [3.8, 4) is 0 Å². The van der Waals surface area contributed by atoms with Crippen molar-refractivity contribution in [2.45, 2.75) is 6.92 Å². The Bertz CT molecular complexity index is 895. The van der Waals surface area contributed by atoms with E-state index in [2.05, 4.69) is 22.9 Å². The highest BCUT2D eigenvalue weighted by Crippen LogP contribution is 2.33. The van der Waals surface area contributed by atoms with E-state index in [1.54, 1.807) is 0 Å². The zero-order chi connectivity index (χ0) is 16.5. The quantitative estimate of drug-likeness (QED) is 0.626. The van der Waals surface area contributed by atoms with Crippen molar-refractivity contribution in [2.75, 3.05) is 11.4 Å². The summed E-state index contributed by atoms with van der Waals surface area (Å²) in [5.74, 6) is -0.0576. The number of ether oxygens (including phenoxy) is 1. The van der Waals surface area contributed by atoms with Crippen LogP contribution in [0.5, 0.6) is 0 Å². The molecular weight excluding hydrogens is 300 g/mol. The number of hydrogen-bond donors (Lipinski definition) is 0. The van der Waals surface area contributed by atoms with Crippen molar-refractivity contribution in [1.29, 1.82) is 0 Å². The van der Waals surface area contributed by atoms with Gasteiger partial charge in [-0.2, -0.15) is 0 Å². The first-order chi connectivity index (χ1) is 11.8. The lowest BCUT2D eigenvalue weighted by Gasteiger charge is -2.29. The number of anilines is 1. The fraction of sp³-hybridized carbons (Fsp3) is 0.100. The molecule has 2 aromatic rings. The van der Waals surface area contributed by atoms with Crippen LogP contribution in [-0.2, 0) is 9.53 Å². The first-order valence-corrected chi connectivity index (χ1v) is 7.93. The molecular formula is C20H16N2O2. The minimum absolute atomic E-state index is 0.349. The lowest BCUT2D eigenvalue weighted by atomic mass is 10.0. The molecule has 2 heterocycles. The van der Waals surface area contributed by atoms with Gasteiger partial charge in [-0.1, -0.05) is 42.5 Å². The van der Waals surface area contributed by atoms with Gasteiger partial charge in [0.15, 0.2) is 5.70 Å². The van der Waals surface area contributed by atoms with Gasteiger partial charge in [0, 0.05) is 17.8 Å². The molecule has 2 aliphatic heterocycles. The maximum Gasteiger partial charge on any atom is 0.366 e. The van der Waals surface area contributed by atoms with Crippen molar-refractivity contribution in [1.82, 2.24) is 0 Å². The van der Waals surface area contributed by atoms with Crippen LogP contribution in [0.1, 0.15) is 18.1 Å². The van der Waals surface area contributed by atoms with Crippen molar-refractivity contribution in [2.24, 2.45) is 4.99 Å². The van der Waals surface area contributed by atoms with Crippen molar-refractivity contribution >= 4 is 23.6 Å². The molecule has 4 nitrogen and oxygen atoms in total. The van der Waals surface area contributed by atoms with Gasteiger partial charge in [0.1, 0.15) is 0 Å². The van der Waals surface area contributed by atoms with E-state index in [0.717, 1.165) is 29.1 Å². The highest BCUT2D eigenvalue weighted by Gasteiger charge is 2.30. The third-order valence-electron chi connectivity index (χ3n) is 4.11. The molecule has 4 rings (SSSR count). The molecule has 2 aromatic carbocycles. The summed E-state index contributed by atoms with van der Waals surface area (Å²) in [6.07, 6.45) is 3.94. The summed E-state index contributed by atoms with van der Waals surface area (Å²) in [4.78, 5) is 18.9. The van der Waals surface area contributed by atoms with E-state index in [9.17, 15) is 4.79 Å². The molecule has 0 saturated heterocycles. The average molecular weight is 316 g/mol.